The van der Waals surface area contributed by atoms with Gasteiger partial charge in [0.25, 0.3) is 11.1 Å². The Morgan fingerprint density at radius 2 is 2.00 bits per heavy atom. The maximum Gasteiger partial charge on any atom is 0.308 e. The number of esters is 1. The minimum absolute atomic E-state index is 0.183. The van der Waals surface area contributed by atoms with Gasteiger partial charge in [-0.25, -0.2) is 4.68 Å². The van der Waals surface area contributed by atoms with Crippen LogP contribution < -0.4 is 11.1 Å². The Hall–Kier alpha value is -2.41. The predicted molar refractivity (Wildman–Crippen MR) is 76.1 cm³/mol. The summed E-state index contributed by atoms with van der Waals surface area (Å²) >= 11 is 0. The first kappa shape index (κ1) is 15.0. The molecule has 7 nitrogen and oxygen atoms in total. The molecule has 1 unspecified atom stereocenters. The molecule has 0 bridgehead atoms. The lowest BCUT2D eigenvalue weighted by Gasteiger charge is -2.12. The fourth-order valence-electron chi connectivity index (χ4n) is 2.06. The molecule has 112 valence electrons. The second-order valence-corrected chi connectivity index (χ2v) is 4.57. The van der Waals surface area contributed by atoms with Gasteiger partial charge in [0.05, 0.1) is 36.4 Å². The molecule has 0 aliphatic carbocycles. The van der Waals surface area contributed by atoms with Crippen molar-refractivity contribution in [2.45, 2.75) is 26.0 Å². The molecule has 2 rings (SSSR count). The van der Waals surface area contributed by atoms with E-state index in [0.29, 0.717) is 5.39 Å². The summed E-state index contributed by atoms with van der Waals surface area (Å²) < 4.78 is 5.72. The first-order chi connectivity index (χ1) is 10.0. The minimum Gasteiger partial charge on any atom is -0.466 e. The van der Waals surface area contributed by atoms with Crippen LogP contribution in [-0.2, 0) is 16.1 Å². The largest absolute Gasteiger partial charge is 0.466 e. The number of hydrogen-bond acceptors (Lipinski definition) is 5. The van der Waals surface area contributed by atoms with Crippen molar-refractivity contribution in [1.29, 1.82) is 0 Å². The molecular weight excluding hydrogens is 276 g/mol. The Morgan fingerprint density at radius 1 is 1.33 bits per heavy atom. The molecule has 0 aliphatic rings. The van der Waals surface area contributed by atoms with Crippen molar-refractivity contribution < 1.29 is 14.6 Å². The molecule has 0 radical (unpaired) electrons. The van der Waals surface area contributed by atoms with E-state index in [1.165, 1.54) is 0 Å². The number of carbonyl (C=O) groups is 1. The summed E-state index contributed by atoms with van der Waals surface area (Å²) in [6, 6.07) is 6.41. The molecule has 2 N–H and O–H groups in total. The van der Waals surface area contributed by atoms with Gasteiger partial charge in [0.15, 0.2) is 0 Å². The van der Waals surface area contributed by atoms with E-state index in [2.05, 4.69) is 5.10 Å². The number of nitrogens with one attached hydrogen (secondary N) is 1. The summed E-state index contributed by atoms with van der Waals surface area (Å²) in [5, 5.41) is 12.8. The van der Waals surface area contributed by atoms with Crippen LogP contribution in [-0.4, -0.2) is 33.6 Å². The van der Waals surface area contributed by atoms with Gasteiger partial charge in [0.1, 0.15) is 0 Å². The van der Waals surface area contributed by atoms with Crippen LogP contribution in [0.4, 0.5) is 0 Å². The Kier molecular flexibility index (Phi) is 4.54. The lowest BCUT2D eigenvalue weighted by molar-refractivity contribution is -0.145. The van der Waals surface area contributed by atoms with Gasteiger partial charge < -0.3 is 9.84 Å². The molecule has 1 aromatic heterocycles. The highest BCUT2D eigenvalue weighted by Crippen LogP contribution is 2.03. The number of aliphatic hydroxyl groups is 1. The Morgan fingerprint density at radius 3 is 2.67 bits per heavy atom. The third-order valence-electron chi connectivity index (χ3n) is 2.98. The average Bonchev–Trinajstić information content (AvgIpc) is 2.44. The standard InChI is InChI=1S/C14H16N2O5/c1-2-21-12(18)7-9(17)8-16-14(20)11-6-4-3-5-10(11)13(19)15-16/h3-6,9,17H,2,7-8H2,1H3,(H,15,19). The zero-order valence-corrected chi connectivity index (χ0v) is 11.5. The van der Waals surface area contributed by atoms with E-state index in [1.54, 1.807) is 31.2 Å². The normalized spacial score (nSPS) is 12.3. The third-order valence-corrected chi connectivity index (χ3v) is 2.98. The molecule has 2 aromatic rings. The van der Waals surface area contributed by atoms with E-state index in [-0.39, 0.29) is 25.0 Å². The molecule has 1 atom stereocenters. The lowest BCUT2D eigenvalue weighted by atomic mass is 10.2. The number of hydrogen-bond donors (Lipinski definition) is 2. The molecule has 0 fully saturated rings. The number of fused-ring (bicyclic) bond motifs is 1. The van der Waals surface area contributed by atoms with E-state index in [1.807, 2.05) is 0 Å². The number of rotatable bonds is 5. The fourth-order valence-corrected chi connectivity index (χ4v) is 2.06. The second-order valence-electron chi connectivity index (χ2n) is 4.57. The van der Waals surface area contributed by atoms with Crippen LogP contribution in [0.25, 0.3) is 10.8 Å². The fraction of sp³-hybridized carbons (Fsp3) is 0.357. The van der Waals surface area contributed by atoms with Crippen molar-refractivity contribution in [3.05, 3.63) is 45.0 Å². The number of carbonyl (C=O) groups excluding carboxylic acids is 1. The van der Waals surface area contributed by atoms with Gasteiger partial charge in [0.2, 0.25) is 0 Å². The Balaban J connectivity index is 2.27. The third kappa shape index (κ3) is 3.38. The Labute approximate surface area is 119 Å². The van der Waals surface area contributed by atoms with Gasteiger partial charge in [-0.15, -0.1) is 0 Å². The van der Waals surface area contributed by atoms with Crippen LogP contribution in [0, 0.1) is 0 Å². The summed E-state index contributed by atoms with van der Waals surface area (Å²) in [6.07, 6.45) is -1.35. The first-order valence-corrected chi connectivity index (χ1v) is 6.58. The summed E-state index contributed by atoms with van der Waals surface area (Å²) in [4.78, 5) is 35.3. The first-order valence-electron chi connectivity index (χ1n) is 6.58. The summed E-state index contributed by atoms with van der Waals surface area (Å²) in [6.45, 7) is 1.70. The SMILES string of the molecule is CCOC(=O)CC(O)Cn1[nH]c(=O)c2ccccc2c1=O. The highest BCUT2D eigenvalue weighted by Gasteiger charge is 2.15. The molecule has 0 saturated heterocycles. The predicted octanol–water partition coefficient (Wildman–Crippen LogP) is 0.00390. The number of benzene rings is 1. The zero-order valence-electron chi connectivity index (χ0n) is 11.5. The second kappa shape index (κ2) is 6.36. The lowest BCUT2D eigenvalue weighted by Crippen LogP contribution is -2.34. The number of nitrogens with zero attached hydrogens (tertiary/aromatic N) is 1. The van der Waals surface area contributed by atoms with E-state index >= 15 is 0 Å². The van der Waals surface area contributed by atoms with Gasteiger partial charge in [-0.1, -0.05) is 12.1 Å². The van der Waals surface area contributed by atoms with Crippen LogP contribution >= 0.6 is 0 Å². The van der Waals surface area contributed by atoms with E-state index in [9.17, 15) is 19.5 Å². The highest BCUT2D eigenvalue weighted by molar-refractivity contribution is 5.80. The van der Waals surface area contributed by atoms with Gasteiger partial charge in [0, 0.05) is 0 Å². The topological polar surface area (TPSA) is 101 Å². The van der Waals surface area contributed by atoms with Gasteiger partial charge in [-0.05, 0) is 19.1 Å². The summed E-state index contributed by atoms with van der Waals surface area (Å²) in [7, 11) is 0. The van der Waals surface area contributed by atoms with Crippen molar-refractivity contribution >= 4 is 16.7 Å². The maximum atomic E-state index is 12.2. The van der Waals surface area contributed by atoms with Gasteiger partial charge in [-0.2, -0.15) is 0 Å². The van der Waals surface area contributed by atoms with Gasteiger partial charge >= 0.3 is 5.97 Å². The van der Waals surface area contributed by atoms with Crippen LogP contribution in [0.5, 0.6) is 0 Å². The number of aliphatic hydroxyl groups excluding tert-OH is 1. The van der Waals surface area contributed by atoms with Crippen molar-refractivity contribution in [3.63, 3.8) is 0 Å². The number of aromatic nitrogens is 2. The molecule has 0 amide bonds. The van der Waals surface area contributed by atoms with Crippen molar-refractivity contribution in [2.75, 3.05) is 6.61 Å². The molecule has 0 aliphatic heterocycles. The van der Waals surface area contributed by atoms with Crippen LogP contribution in [0.15, 0.2) is 33.9 Å². The van der Waals surface area contributed by atoms with E-state index in [4.69, 9.17) is 4.74 Å². The van der Waals surface area contributed by atoms with Crippen molar-refractivity contribution in [2.24, 2.45) is 0 Å². The van der Waals surface area contributed by atoms with Crippen LogP contribution in [0.3, 0.4) is 0 Å². The quantitative estimate of drug-likeness (QED) is 0.756. The minimum atomic E-state index is -1.11. The maximum absolute atomic E-state index is 12.2. The molecule has 21 heavy (non-hydrogen) atoms. The summed E-state index contributed by atoms with van der Waals surface area (Å²) in [5.41, 5.74) is -0.846. The number of aromatic amines is 1. The zero-order chi connectivity index (χ0) is 15.4. The Bertz CT molecular complexity index is 762. The molecule has 0 saturated carbocycles. The highest BCUT2D eigenvalue weighted by atomic mass is 16.5. The smallest absolute Gasteiger partial charge is 0.308 e. The molecule has 7 heteroatoms. The van der Waals surface area contributed by atoms with E-state index < -0.39 is 23.2 Å². The average molecular weight is 292 g/mol. The van der Waals surface area contributed by atoms with E-state index in [0.717, 1.165) is 4.68 Å². The van der Waals surface area contributed by atoms with Crippen LogP contribution in [0.1, 0.15) is 13.3 Å². The van der Waals surface area contributed by atoms with Crippen molar-refractivity contribution in [1.82, 2.24) is 9.78 Å². The molecule has 1 aromatic carbocycles. The van der Waals surface area contributed by atoms with Crippen molar-refractivity contribution in [3.8, 4) is 0 Å². The molecule has 1 heterocycles. The number of H-pyrrole nitrogens is 1. The van der Waals surface area contributed by atoms with Gasteiger partial charge in [-0.3, -0.25) is 19.5 Å². The number of ether oxygens (including phenoxy) is 1. The van der Waals surface area contributed by atoms with Crippen LogP contribution in [0.2, 0.25) is 0 Å². The molecule has 0 spiro atoms. The molecular formula is C14H16N2O5. The summed E-state index contributed by atoms with van der Waals surface area (Å²) in [5.74, 6) is -0.554. The monoisotopic (exact) mass is 292 g/mol.